The molecule has 0 radical (unpaired) electrons. The van der Waals surface area contributed by atoms with Gasteiger partial charge < -0.3 is 11.1 Å². The van der Waals surface area contributed by atoms with Crippen LogP contribution in [-0.2, 0) is 0 Å². The fourth-order valence-electron chi connectivity index (χ4n) is 2.88. The Kier molecular flexibility index (Phi) is 3.43. The molecule has 4 aromatic carbocycles. The van der Waals surface area contributed by atoms with Crippen LogP contribution in [0.15, 0.2) is 77.3 Å². The molecular formula is C20H15BrN2. The van der Waals surface area contributed by atoms with E-state index in [1.807, 2.05) is 30.3 Å². The second-order valence-corrected chi connectivity index (χ2v) is 6.41. The van der Waals surface area contributed by atoms with E-state index in [2.05, 4.69) is 63.7 Å². The molecule has 23 heavy (non-hydrogen) atoms. The SMILES string of the molecule is Nc1c(Br)cc(Nc2ccccc2)c2cc3ccccc3cc12. The number of nitrogens with one attached hydrogen (secondary N) is 1. The van der Waals surface area contributed by atoms with Crippen LogP contribution in [0.25, 0.3) is 21.5 Å². The summed E-state index contributed by atoms with van der Waals surface area (Å²) in [5, 5.41) is 8.06. The fraction of sp³-hybridized carbons (Fsp3) is 0. The van der Waals surface area contributed by atoms with E-state index in [0.717, 1.165) is 32.3 Å². The van der Waals surface area contributed by atoms with Gasteiger partial charge >= 0.3 is 0 Å². The van der Waals surface area contributed by atoms with Crippen molar-refractivity contribution in [2.45, 2.75) is 0 Å². The van der Waals surface area contributed by atoms with Gasteiger partial charge in [-0.3, -0.25) is 0 Å². The largest absolute Gasteiger partial charge is 0.397 e. The Balaban J connectivity index is 1.99. The van der Waals surface area contributed by atoms with E-state index in [9.17, 15) is 0 Å². The molecule has 0 saturated carbocycles. The van der Waals surface area contributed by atoms with Crippen LogP contribution in [0.5, 0.6) is 0 Å². The highest BCUT2D eigenvalue weighted by molar-refractivity contribution is 9.10. The van der Waals surface area contributed by atoms with Gasteiger partial charge in [-0.15, -0.1) is 0 Å². The molecule has 0 atom stereocenters. The van der Waals surface area contributed by atoms with E-state index in [1.165, 1.54) is 10.8 Å². The van der Waals surface area contributed by atoms with Crippen molar-refractivity contribution in [2.75, 3.05) is 11.1 Å². The number of hydrogen-bond donors (Lipinski definition) is 2. The molecule has 3 heteroatoms. The molecule has 0 unspecified atom stereocenters. The lowest BCUT2D eigenvalue weighted by atomic mass is 10.0. The van der Waals surface area contributed by atoms with Crippen LogP contribution < -0.4 is 11.1 Å². The number of nitrogen functional groups attached to an aromatic ring is 1. The molecule has 0 bridgehead atoms. The van der Waals surface area contributed by atoms with Gasteiger partial charge in [0.2, 0.25) is 0 Å². The first kappa shape index (κ1) is 14.1. The highest BCUT2D eigenvalue weighted by Gasteiger charge is 2.10. The van der Waals surface area contributed by atoms with Crippen LogP contribution in [0.2, 0.25) is 0 Å². The lowest BCUT2D eigenvalue weighted by Crippen LogP contribution is -1.96. The van der Waals surface area contributed by atoms with Crippen LogP contribution in [0.1, 0.15) is 0 Å². The minimum absolute atomic E-state index is 0.768. The molecule has 0 saturated heterocycles. The summed E-state index contributed by atoms with van der Waals surface area (Å²) >= 11 is 3.58. The minimum atomic E-state index is 0.768. The molecule has 3 N–H and O–H groups in total. The number of halogens is 1. The normalized spacial score (nSPS) is 11.0. The number of rotatable bonds is 2. The van der Waals surface area contributed by atoms with E-state index >= 15 is 0 Å². The smallest absolute Gasteiger partial charge is 0.0539 e. The van der Waals surface area contributed by atoms with E-state index < -0.39 is 0 Å². The van der Waals surface area contributed by atoms with Gasteiger partial charge in [-0.25, -0.2) is 0 Å². The third-order valence-corrected chi connectivity index (χ3v) is 4.70. The summed E-state index contributed by atoms with van der Waals surface area (Å²) in [6.45, 7) is 0. The predicted molar refractivity (Wildman–Crippen MR) is 103 cm³/mol. The number of fused-ring (bicyclic) bond motifs is 2. The third kappa shape index (κ3) is 2.53. The summed E-state index contributed by atoms with van der Waals surface area (Å²) in [5.41, 5.74) is 9.16. The van der Waals surface area contributed by atoms with Gasteiger partial charge in [0, 0.05) is 26.6 Å². The van der Waals surface area contributed by atoms with Crippen LogP contribution in [0, 0.1) is 0 Å². The molecule has 0 aliphatic rings. The lowest BCUT2D eigenvalue weighted by Gasteiger charge is -2.14. The van der Waals surface area contributed by atoms with Crippen molar-refractivity contribution in [2.24, 2.45) is 0 Å². The molecule has 2 nitrogen and oxygen atoms in total. The van der Waals surface area contributed by atoms with Crippen molar-refractivity contribution in [1.82, 2.24) is 0 Å². The minimum Gasteiger partial charge on any atom is -0.397 e. The third-order valence-electron chi connectivity index (χ3n) is 4.05. The zero-order valence-electron chi connectivity index (χ0n) is 12.4. The number of hydrogen-bond acceptors (Lipinski definition) is 2. The molecule has 4 rings (SSSR count). The predicted octanol–water partition coefficient (Wildman–Crippen LogP) is 6.08. The topological polar surface area (TPSA) is 38.0 Å². The summed E-state index contributed by atoms with van der Waals surface area (Å²) in [6.07, 6.45) is 0. The summed E-state index contributed by atoms with van der Waals surface area (Å²) < 4.78 is 0.902. The highest BCUT2D eigenvalue weighted by Crippen LogP contribution is 2.38. The van der Waals surface area contributed by atoms with Crippen molar-refractivity contribution in [3.63, 3.8) is 0 Å². The standard InChI is InChI=1S/C20H15BrN2/c21-18-12-19(23-15-8-2-1-3-9-15)16-10-13-6-4-5-7-14(13)11-17(16)20(18)22/h1-12,23H,22H2. The van der Waals surface area contributed by atoms with Crippen molar-refractivity contribution in [1.29, 1.82) is 0 Å². The average Bonchev–Trinajstić information content (AvgIpc) is 2.59. The molecule has 4 aromatic rings. The van der Waals surface area contributed by atoms with Gasteiger partial charge in [0.1, 0.15) is 0 Å². The van der Waals surface area contributed by atoms with E-state index in [1.54, 1.807) is 0 Å². The molecule has 0 spiro atoms. The quantitative estimate of drug-likeness (QED) is 0.334. The molecule has 0 amide bonds. The summed E-state index contributed by atoms with van der Waals surface area (Å²) in [6, 6.07) is 24.9. The number of para-hydroxylation sites is 1. The lowest BCUT2D eigenvalue weighted by molar-refractivity contribution is 1.57. The Bertz CT molecular complexity index is 1010. The Morgan fingerprint density at radius 1 is 0.739 bits per heavy atom. The summed E-state index contributed by atoms with van der Waals surface area (Å²) in [7, 11) is 0. The maximum Gasteiger partial charge on any atom is 0.0539 e. The van der Waals surface area contributed by atoms with Crippen LogP contribution in [0.3, 0.4) is 0 Å². The first-order valence-corrected chi connectivity index (χ1v) is 8.24. The maximum atomic E-state index is 6.30. The number of benzene rings is 4. The van der Waals surface area contributed by atoms with Crippen LogP contribution in [0.4, 0.5) is 17.1 Å². The second-order valence-electron chi connectivity index (χ2n) is 5.56. The molecule has 112 valence electrons. The van der Waals surface area contributed by atoms with Crippen molar-refractivity contribution in [3.8, 4) is 0 Å². The first-order chi connectivity index (χ1) is 11.2. The monoisotopic (exact) mass is 362 g/mol. The maximum absolute atomic E-state index is 6.30. The zero-order valence-corrected chi connectivity index (χ0v) is 14.0. The Labute approximate surface area is 143 Å². The van der Waals surface area contributed by atoms with E-state index in [4.69, 9.17) is 5.73 Å². The second kappa shape index (κ2) is 5.60. The summed E-state index contributed by atoms with van der Waals surface area (Å²) in [5.74, 6) is 0. The van der Waals surface area contributed by atoms with Gasteiger partial charge in [0.15, 0.2) is 0 Å². The number of nitrogens with two attached hydrogens (primary N) is 1. The molecule has 0 heterocycles. The van der Waals surface area contributed by atoms with Gasteiger partial charge in [0.05, 0.1) is 5.69 Å². The van der Waals surface area contributed by atoms with Crippen molar-refractivity contribution >= 4 is 54.5 Å². The molecule has 0 aliphatic heterocycles. The Morgan fingerprint density at radius 2 is 1.35 bits per heavy atom. The highest BCUT2D eigenvalue weighted by atomic mass is 79.9. The average molecular weight is 363 g/mol. The Hall–Kier alpha value is -2.52. The van der Waals surface area contributed by atoms with Gasteiger partial charge in [0.25, 0.3) is 0 Å². The van der Waals surface area contributed by atoms with Gasteiger partial charge in [-0.2, -0.15) is 0 Å². The van der Waals surface area contributed by atoms with Crippen LogP contribution >= 0.6 is 15.9 Å². The molecule has 0 fully saturated rings. The molecule has 0 aliphatic carbocycles. The van der Waals surface area contributed by atoms with Crippen molar-refractivity contribution in [3.05, 3.63) is 77.3 Å². The molecular weight excluding hydrogens is 348 g/mol. The van der Waals surface area contributed by atoms with E-state index in [0.29, 0.717) is 0 Å². The number of anilines is 3. The zero-order chi connectivity index (χ0) is 15.8. The first-order valence-electron chi connectivity index (χ1n) is 7.45. The Morgan fingerprint density at radius 3 is 2.04 bits per heavy atom. The van der Waals surface area contributed by atoms with Crippen molar-refractivity contribution < 1.29 is 0 Å². The molecule has 0 aromatic heterocycles. The summed E-state index contributed by atoms with van der Waals surface area (Å²) in [4.78, 5) is 0. The van der Waals surface area contributed by atoms with Gasteiger partial charge in [-0.05, 0) is 57.0 Å². The van der Waals surface area contributed by atoms with E-state index in [-0.39, 0.29) is 0 Å². The fourth-order valence-corrected chi connectivity index (χ4v) is 3.32. The van der Waals surface area contributed by atoms with Crippen LogP contribution in [-0.4, -0.2) is 0 Å². The van der Waals surface area contributed by atoms with Gasteiger partial charge in [-0.1, -0.05) is 42.5 Å².